The predicted octanol–water partition coefficient (Wildman–Crippen LogP) is 2.15. The van der Waals surface area contributed by atoms with Gasteiger partial charge in [-0.1, -0.05) is 30.3 Å². The summed E-state index contributed by atoms with van der Waals surface area (Å²) in [4.78, 5) is 29.7. The first-order valence-electron chi connectivity index (χ1n) is 8.98. The normalized spacial score (nSPS) is 19.6. The van der Waals surface area contributed by atoms with E-state index in [1.807, 2.05) is 30.3 Å². The van der Waals surface area contributed by atoms with Crippen LogP contribution in [0.2, 0.25) is 0 Å². The minimum absolute atomic E-state index is 0.0468. The van der Waals surface area contributed by atoms with E-state index < -0.39 is 24.3 Å². The van der Waals surface area contributed by atoms with E-state index >= 15 is 0 Å². The molecule has 0 aliphatic carbocycles. The molecule has 1 N–H and O–H groups in total. The number of rotatable bonds is 6. The van der Waals surface area contributed by atoms with Crippen molar-refractivity contribution in [2.75, 3.05) is 32.9 Å². The van der Waals surface area contributed by atoms with Crippen molar-refractivity contribution in [2.24, 2.45) is 7.05 Å². The lowest BCUT2D eigenvalue weighted by molar-refractivity contribution is -0.157. The minimum atomic E-state index is -1.25. The molecule has 1 atom stereocenters. The molecule has 0 saturated carbocycles. The summed E-state index contributed by atoms with van der Waals surface area (Å²) in [5.41, 5.74) is -0.380. The smallest absolute Gasteiger partial charge is 0.410 e. The topological polar surface area (TPSA) is 103 Å². The molecule has 2 aromatic rings. The van der Waals surface area contributed by atoms with Crippen LogP contribution in [-0.4, -0.2) is 64.5 Å². The van der Waals surface area contributed by atoms with Crippen LogP contribution in [-0.2, 0) is 38.3 Å². The van der Waals surface area contributed by atoms with Gasteiger partial charge in [-0.25, -0.2) is 14.6 Å². The fourth-order valence-corrected chi connectivity index (χ4v) is 3.63. The summed E-state index contributed by atoms with van der Waals surface area (Å²) in [6.07, 6.45) is 1.19. The number of imidazole rings is 1. The lowest BCUT2D eigenvalue weighted by Crippen LogP contribution is -2.48. The molecule has 156 valence electrons. The maximum absolute atomic E-state index is 12.7. The van der Waals surface area contributed by atoms with Gasteiger partial charge in [-0.3, -0.25) is 0 Å². The number of amides is 1. The molecule has 3 rings (SSSR count). The predicted molar refractivity (Wildman–Crippen MR) is 105 cm³/mol. The number of hydrogen-bond donors (Lipinski definition) is 1. The van der Waals surface area contributed by atoms with Crippen LogP contribution in [0.3, 0.4) is 0 Å². The number of halogens is 1. The Balaban J connectivity index is 1.81. The number of aliphatic carboxylic acids is 1. The number of carbonyl (C=O) groups excluding carboxylic acids is 1. The highest BCUT2D eigenvalue weighted by atomic mass is 79.9. The van der Waals surface area contributed by atoms with Gasteiger partial charge in [0.15, 0.2) is 5.60 Å². The average molecular weight is 468 g/mol. The second kappa shape index (κ2) is 9.38. The third-order valence-electron chi connectivity index (χ3n) is 4.48. The van der Waals surface area contributed by atoms with Crippen LogP contribution >= 0.6 is 15.9 Å². The van der Waals surface area contributed by atoms with Crippen LogP contribution in [0.15, 0.2) is 41.1 Å². The molecule has 1 unspecified atom stereocenters. The molecule has 0 spiro atoms. The van der Waals surface area contributed by atoms with Gasteiger partial charge < -0.3 is 28.8 Å². The lowest BCUT2D eigenvalue weighted by atomic mass is 10.0. The van der Waals surface area contributed by atoms with Crippen molar-refractivity contribution in [1.82, 2.24) is 14.5 Å². The number of benzene rings is 1. The Kier molecular flexibility index (Phi) is 6.88. The Morgan fingerprint density at radius 1 is 1.34 bits per heavy atom. The van der Waals surface area contributed by atoms with Crippen LogP contribution in [0.25, 0.3) is 0 Å². The molecule has 29 heavy (non-hydrogen) atoms. The second-order valence-corrected chi connectivity index (χ2v) is 7.50. The summed E-state index contributed by atoms with van der Waals surface area (Å²) in [7, 11) is 1.77. The Morgan fingerprint density at radius 3 is 2.76 bits per heavy atom. The fraction of sp³-hybridized carbons (Fsp3) is 0.421. The van der Waals surface area contributed by atoms with Gasteiger partial charge in [-0.2, -0.15) is 0 Å². The zero-order chi connectivity index (χ0) is 20.9. The zero-order valence-corrected chi connectivity index (χ0v) is 17.5. The van der Waals surface area contributed by atoms with Crippen LogP contribution in [0.5, 0.6) is 0 Å². The van der Waals surface area contributed by atoms with Crippen molar-refractivity contribution in [1.29, 1.82) is 0 Å². The van der Waals surface area contributed by atoms with Gasteiger partial charge in [-0.15, -0.1) is 0 Å². The highest BCUT2D eigenvalue weighted by molar-refractivity contribution is 9.10. The monoisotopic (exact) mass is 467 g/mol. The first-order valence-corrected chi connectivity index (χ1v) is 9.77. The Bertz CT molecular complexity index is 859. The van der Waals surface area contributed by atoms with Crippen molar-refractivity contribution in [3.05, 3.63) is 52.5 Å². The van der Waals surface area contributed by atoms with Crippen molar-refractivity contribution < 1.29 is 28.9 Å². The largest absolute Gasteiger partial charge is 0.480 e. The van der Waals surface area contributed by atoms with Gasteiger partial charge in [0.2, 0.25) is 0 Å². The molecular weight excluding hydrogens is 446 g/mol. The maximum Gasteiger partial charge on any atom is 0.410 e. The van der Waals surface area contributed by atoms with Gasteiger partial charge in [0, 0.05) is 19.8 Å². The van der Waals surface area contributed by atoms with E-state index in [1.165, 1.54) is 4.90 Å². The SMILES string of the molecule is Cn1cc(Br)nc1C1(OCC(=O)O)COCCN(C(=O)OCc2ccccc2)C1. The average Bonchev–Trinajstić information content (AvgIpc) is 2.91. The van der Waals surface area contributed by atoms with Crippen molar-refractivity contribution in [3.63, 3.8) is 0 Å². The van der Waals surface area contributed by atoms with E-state index in [2.05, 4.69) is 20.9 Å². The van der Waals surface area contributed by atoms with Crippen LogP contribution in [0.4, 0.5) is 4.79 Å². The number of carboxylic acids is 1. The van der Waals surface area contributed by atoms with Crippen molar-refractivity contribution in [2.45, 2.75) is 12.2 Å². The van der Waals surface area contributed by atoms with Gasteiger partial charge in [0.25, 0.3) is 0 Å². The number of carbonyl (C=O) groups is 2. The third-order valence-corrected chi connectivity index (χ3v) is 4.86. The molecule has 0 bridgehead atoms. The number of ether oxygens (including phenoxy) is 3. The number of hydrogen-bond acceptors (Lipinski definition) is 6. The summed E-state index contributed by atoms with van der Waals surface area (Å²) in [5, 5.41) is 9.13. The number of aromatic nitrogens is 2. The maximum atomic E-state index is 12.7. The molecule has 1 aliphatic heterocycles. The second-order valence-electron chi connectivity index (χ2n) is 6.69. The molecule has 1 amide bonds. The summed E-state index contributed by atoms with van der Waals surface area (Å²) in [5.74, 6) is -0.673. The van der Waals surface area contributed by atoms with Gasteiger partial charge >= 0.3 is 12.1 Å². The minimum Gasteiger partial charge on any atom is -0.480 e. The number of carboxylic acid groups (broad SMARTS) is 1. The van der Waals surface area contributed by atoms with E-state index in [4.69, 9.17) is 19.3 Å². The van der Waals surface area contributed by atoms with Crippen LogP contribution < -0.4 is 0 Å². The summed E-state index contributed by atoms with van der Waals surface area (Å²) >= 11 is 3.32. The highest BCUT2D eigenvalue weighted by Crippen LogP contribution is 2.30. The van der Waals surface area contributed by atoms with E-state index in [1.54, 1.807) is 17.8 Å². The summed E-state index contributed by atoms with van der Waals surface area (Å²) in [6.45, 7) is 0.238. The van der Waals surface area contributed by atoms with Crippen molar-refractivity contribution >= 4 is 28.0 Å². The van der Waals surface area contributed by atoms with E-state index in [9.17, 15) is 9.59 Å². The molecule has 1 aliphatic rings. The first kappa shape index (κ1) is 21.3. The Hall–Kier alpha value is -2.43. The van der Waals surface area contributed by atoms with Gasteiger partial charge in [0.1, 0.15) is 23.6 Å². The molecule has 1 aromatic heterocycles. The van der Waals surface area contributed by atoms with Gasteiger partial charge in [-0.05, 0) is 21.5 Å². The molecule has 1 aromatic carbocycles. The first-order chi connectivity index (χ1) is 13.9. The van der Waals surface area contributed by atoms with E-state index in [0.29, 0.717) is 10.4 Å². The molecule has 9 nitrogen and oxygen atoms in total. The Morgan fingerprint density at radius 2 is 2.10 bits per heavy atom. The standard InChI is InChI=1S/C19H22BrN3O6/c1-22-9-15(20)21-17(22)19(29-11-16(24)25)12-23(7-8-27-13-19)18(26)28-10-14-5-3-2-4-6-14/h2-6,9H,7-8,10-13H2,1H3,(H,24,25). The van der Waals surface area contributed by atoms with Crippen molar-refractivity contribution in [3.8, 4) is 0 Å². The Labute approximate surface area is 176 Å². The highest BCUT2D eigenvalue weighted by Gasteiger charge is 2.43. The van der Waals surface area contributed by atoms with Crippen LogP contribution in [0.1, 0.15) is 11.4 Å². The summed E-state index contributed by atoms with van der Waals surface area (Å²) < 4.78 is 19.1. The molecule has 2 heterocycles. The van der Waals surface area contributed by atoms with Gasteiger partial charge in [0.05, 0.1) is 19.8 Å². The van der Waals surface area contributed by atoms with Crippen LogP contribution in [0, 0.1) is 0 Å². The fourth-order valence-electron chi connectivity index (χ4n) is 3.15. The molecule has 0 radical (unpaired) electrons. The quantitative estimate of drug-likeness (QED) is 0.693. The third kappa shape index (κ3) is 5.34. The zero-order valence-electron chi connectivity index (χ0n) is 15.9. The van der Waals surface area contributed by atoms with E-state index in [0.717, 1.165) is 5.56 Å². The number of aryl methyl sites for hydroxylation is 1. The molecule has 1 fully saturated rings. The lowest BCUT2D eigenvalue weighted by Gasteiger charge is -2.34. The number of nitrogens with zero attached hydrogens (tertiary/aromatic N) is 3. The molecular formula is C19H22BrN3O6. The van der Waals surface area contributed by atoms with E-state index in [-0.39, 0.29) is 32.9 Å². The molecule has 10 heteroatoms. The summed E-state index contributed by atoms with van der Waals surface area (Å²) in [6, 6.07) is 9.35. The molecule has 1 saturated heterocycles.